The second-order valence-corrected chi connectivity index (χ2v) is 5.80. The summed E-state index contributed by atoms with van der Waals surface area (Å²) in [5.74, 6) is 7.38. The van der Waals surface area contributed by atoms with Gasteiger partial charge in [0, 0.05) is 0 Å². The summed E-state index contributed by atoms with van der Waals surface area (Å²) in [4.78, 5) is 0. The molecule has 66 valence electrons. The van der Waals surface area contributed by atoms with E-state index < -0.39 is 0 Å². The summed E-state index contributed by atoms with van der Waals surface area (Å²) in [7, 11) is 0. The van der Waals surface area contributed by atoms with E-state index in [9.17, 15) is 0 Å². The minimum atomic E-state index is 1.22. The lowest BCUT2D eigenvalue weighted by Crippen LogP contribution is -1.91. The summed E-state index contributed by atoms with van der Waals surface area (Å²) in [5.41, 5.74) is 0. The molecular weight excluding hydrogens is 144 g/mol. The molecule has 0 heterocycles. The predicted octanol–water partition coefficient (Wildman–Crippen LogP) is 3.08. The van der Waals surface area contributed by atoms with Gasteiger partial charge in [-0.05, 0) is 74.0 Å². The fourth-order valence-electron chi connectivity index (χ4n) is 3.59. The van der Waals surface area contributed by atoms with E-state index in [1.165, 1.54) is 35.5 Å². The minimum absolute atomic E-state index is 1.22. The summed E-state index contributed by atoms with van der Waals surface area (Å²) in [6.07, 6.45) is 9.62. The topological polar surface area (TPSA) is 0 Å². The maximum atomic E-state index is 1.64. The van der Waals surface area contributed by atoms with Gasteiger partial charge < -0.3 is 0 Å². The summed E-state index contributed by atoms with van der Waals surface area (Å²) >= 11 is 0. The van der Waals surface area contributed by atoms with Crippen LogP contribution in [-0.4, -0.2) is 0 Å². The zero-order valence-electron chi connectivity index (χ0n) is 7.71. The van der Waals surface area contributed by atoms with E-state index in [0.29, 0.717) is 0 Å². The molecule has 0 bridgehead atoms. The molecule has 0 radical (unpaired) electrons. The third kappa shape index (κ3) is 0.900. The Hall–Kier alpha value is 0. The van der Waals surface area contributed by atoms with Crippen LogP contribution in [0.15, 0.2) is 0 Å². The van der Waals surface area contributed by atoms with Gasteiger partial charge in [0.15, 0.2) is 0 Å². The van der Waals surface area contributed by atoms with Crippen molar-refractivity contribution < 1.29 is 0 Å². The Balaban J connectivity index is 1.37. The van der Waals surface area contributed by atoms with Crippen LogP contribution < -0.4 is 0 Å². The predicted molar refractivity (Wildman–Crippen MR) is 48.6 cm³/mol. The third-order valence-corrected chi connectivity index (χ3v) is 4.79. The van der Waals surface area contributed by atoms with Crippen molar-refractivity contribution in [3.63, 3.8) is 0 Å². The summed E-state index contributed by atoms with van der Waals surface area (Å²) in [6, 6.07) is 0. The van der Waals surface area contributed by atoms with E-state index in [2.05, 4.69) is 0 Å². The molecule has 12 heavy (non-hydrogen) atoms. The number of hydrogen-bond donors (Lipinski definition) is 0. The lowest BCUT2D eigenvalue weighted by atomic mass is 10.1. The van der Waals surface area contributed by atoms with Crippen molar-refractivity contribution in [2.45, 2.75) is 38.5 Å². The zero-order chi connectivity index (χ0) is 7.71. The van der Waals surface area contributed by atoms with Gasteiger partial charge in [-0.25, -0.2) is 0 Å². The van der Waals surface area contributed by atoms with Gasteiger partial charge in [0.25, 0.3) is 0 Å². The number of hydrogen-bond acceptors (Lipinski definition) is 0. The second kappa shape index (κ2) is 1.91. The molecule has 0 amide bonds. The Morgan fingerprint density at radius 2 is 0.917 bits per heavy atom. The van der Waals surface area contributed by atoms with E-state index in [1.54, 1.807) is 38.5 Å². The average Bonchev–Trinajstić information content (AvgIpc) is 2.81. The maximum Gasteiger partial charge on any atom is -0.0349 e. The van der Waals surface area contributed by atoms with Gasteiger partial charge in [-0.1, -0.05) is 0 Å². The third-order valence-electron chi connectivity index (χ3n) is 4.79. The van der Waals surface area contributed by atoms with Gasteiger partial charge in [0.05, 0.1) is 0 Å². The number of rotatable bonds is 3. The van der Waals surface area contributed by atoms with Crippen LogP contribution in [0.1, 0.15) is 38.5 Å². The van der Waals surface area contributed by atoms with Gasteiger partial charge in [-0.15, -0.1) is 0 Å². The molecule has 0 nitrogen and oxygen atoms in total. The molecule has 0 saturated heterocycles. The molecule has 4 atom stereocenters. The Morgan fingerprint density at radius 3 is 1.25 bits per heavy atom. The van der Waals surface area contributed by atoms with Crippen molar-refractivity contribution in [3.8, 4) is 0 Å². The smallest absolute Gasteiger partial charge is 0.0349 e. The molecule has 0 unspecified atom stereocenters. The molecule has 4 fully saturated rings. The zero-order valence-corrected chi connectivity index (χ0v) is 7.71. The normalized spacial score (nSPS) is 57.0. The monoisotopic (exact) mass is 162 g/mol. The summed E-state index contributed by atoms with van der Waals surface area (Å²) < 4.78 is 0. The Kier molecular flexibility index (Phi) is 1.03. The molecule has 0 spiro atoms. The van der Waals surface area contributed by atoms with E-state index in [4.69, 9.17) is 0 Å². The highest BCUT2D eigenvalue weighted by Gasteiger charge is 2.59. The fourth-order valence-corrected chi connectivity index (χ4v) is 3.59. The molecular formula is C12H18. The first kappa shape index (κ1) is 6.45. The first-order valence-corrected chi connectivity index (χ1v) is 5.93. The molecule has 4 saturated carbocycles. The van der Waals surface area contributed by atoms with Crippen molar-refractivity contribution >= 4 is 0 Å². The highest BCUT2D eigenvalue weighted by atomic mass is 14.6. The van der Waals surface area contributed by atoms with E-state index >= 15 is 0 Å². The van der Waals surface area contributed by atoms with Gasteiger partial charge in [0.1, 0.15) is 0 Å². The van der Waals surface area contributed by atoms with Crippen LogP contribution in [-0.2, 0) is 0 Å². The van der Waals surface area contributed by atoms with E-state index in [0.717, 1.165) is 0 Å². The largest absolute Gasteiger partial charge is 0.0499 e. The van der Waals surface area contributed by atoms with Crippen LogP contribution in [0.4, 0.5) is 0 Å². The molecule has 0 heteroatoms. The lowest BCUT2D eigenvalue weighted by Gasteiger charge is -1.95. The van der Waals surface area contributed by atoms with Crippen LogP contribution in [0.5, 0.6) is 0 Å². The quantitative estimate of drug-likeness (QED) is 0.598. The fraction of sp³-hybridized carbons (Fsp3) is 1.00. The van der Waals surface area contributed by atoms with Crippen LogP contribution in [0.2, 0.25) is 0 Å². The molecule has 4 aliphatic carbocycles. The van der Waals surface area contributed by atoms with E-state index in [-0.39, 0.29) is 0 Å². The molecule has 4 aliphatic rings. The standard InChI is InChI=1S/C12H18/c1-2-7(1)9-5-11(9)12-6-10(12)8-3-4-8/h7-12H,1-6H2/t9-,10-,11-,12-/m0/s1. The van der Waals surface area contributed by atoms with Crippen molar-refractivity contribution in [2.24, 2.45) is 35.5 Å². The van der Waals surface area contributed by atoms with Gasteiger partial charge in [-0.3, -0.25) is 0 Å². The van der Waals surface area contributed by atoms with Crippen LogP contribution >= 0.6 is 0 Å². The highest BCUT2D eigenvalue weighted by molar-refractivity contribution is 5.09. The van der Waals surface area contributed by atoms with Crippen molar-refractivity contribution in [1.82, 2.24) is 0 Å². The maximum absolute atomic E-state index is 1.64. The molecule has 0 aromatic heterocycles. The Bertz CT molecular complexity index is 188. The first-order chi connectivity index (χ1) is 5.93. The first-order valence-electron chi connectivity index (χ1n) is 5.93. The summed E-state index contributed by atoms with van der Waals surface area (Å²) in [6.45, 7) is 0. The van der Waals surface area contributed by atoms with Crippen molar-refractivity contribution in [1.29, 1.82) is 0 Å². The molecule has 4 rings (SSSR count). The van der Waals surface area contributed by atoms with Crippen molar-refractivity contribution in [3.05, 3.63) is 0 Å². The molecule has 0 aliphatic heterocycles. The lowest BCUT2D eigenvalue weighted by molar-refractivity contribution is 0.522. The molecule has 0 aromatic rings. The minimum Gasteiger partial charge on any atom is -0.0499 e. The summed E-state index contributed by atoms with van der Waals surface area (Å²) in [5, 5.41) is 0. The van der Waals surface area contributed by atoms with Gasteiger partial charge in [-0.2, -0.15) is 0 Å². The van der Waals surface area contributed by atoms with E-state index in [1.807, 2.05) is 0 Å². The van der Waals surface area contributed by atoms with Crippen LogP contribution in [0.25, 0.3) is 0 Å². The Morgan fingerprint density at radius 1 is 0.500 bits per heavy atom. The molecule has 0 N–H and O–H groups in total. The van der Waals surface area contributed by atoms with Crippen LogP contribution in [0.3, 0.4) is 0 Å². The highest BCUT2D eigenvalue weighted by Crippen LogP contribution is 2.68. The van der Waals surface area contributed by atoms with Gasteiger partial charge in [0.2, 0.25) is 0 Å². The molecule has 0 aromatic carbocycles. The second-order valence-electron chi connectivity index (χ2n) is 5.80. The van der Waals surface area contributed by atoms with Gasteiger partial charge >= 0.3 is 0 Å². The van der Waals surface area contributed by atoms with Crippen LogP contribution in [0, 0.1) is 35.5 Å². The Labute approximate surface area is 74.7 Å². The average molecular weight is 162 g/mol. The van der Waals surface area contributed by atoms with Crippen molar-refractivity contribution in [2.75, 3.05) is 0 Å². The SMILES string of the molecule is C1CC1[C@@H]1C[C@@H]1[C@H]1C[C@H]1C1CC1.